The molecule has 1 N–H and O–H groups in total. The quantitative estimate of drug-likeness (QED) is 0.342. The van der Waals surface area contributed by atoms with Crippen LogP contribution in [0, 0.1) is 17.1 Å². The number of nitrogens with zero attached hydrogens (tertiary/aromatic N) is 5. The molecule has 1 saturated heterocycles. The minimum absolute atomic E-state index is 0.0566. The molecular weight excluding hydrogens is 559 g/mol. The van der Waals surface area contributed by atoms with Gasteiger partial charge in [-0.1, -0.05) is 25.2 Å². The highest BCUT2D eigenvalue weighted by atomic mass is 32.1. The lowest BCUT2D eigenvalue weighted by atomic mass is 9.90. The van der Waals surface area contributed by atoms with Gasteiger partial charge in [-0.3, -0.25) is 9.69 Å². The zero-order chi connectivity index (χ0) is 30.3. The molecule has 1 amide bonds. The van der Waals surface area contributed by atoms with Gasteiger partial charge in [0.1, 0.15) is 16.9 Å². The summed E-state index contributed by atoms with van der Waals surface area (Å²) in [6.45, 7) is 5.56. The van der Waals surface area contributed by atoms with Gasteiger partial charge in [0.05, 0.1) is 23.1 Å². The number of rotatable bonds is 8. The number of halogens is 3. The number of aromatic nitrogens is 2. The SMILES string of the molecule is C/C=C/C(F)(F)C1=CC(N2C(=O)C(C)(C)N(c3cc(F)c4nc(CC)nc(OCC(=O)O)c4c3)C2=S)CC=C1C#N. The van der Waals surface area contributed by atoms with E-state index in [0.717, 1.165) is 6.07 Å². The van der Waals surface area contributed by atoms with Gasteiger partial charge < -0.3 is 14.7 Å². The summed E-state index contributed by atoms with van der Waals surface area (Å²) in [4.78, 5) is 35.8. The highest BCUT2D eigenvalue weighted by Gasteiger charge is 2.52. The smallest absolute Gasteiger partial charge is 0.341 e. The predicted octanol–water partition coefficient (Wildman–Crippen LogP) is 4.87. The van der Waals surface area contributed by atoms with Gasteiger partial charge in [0.15, 0.2) is 17.5 Å². The van der Waals surface area contributed by atoms with E-state index in [1.165, 1.54) is 41.0 Å². The van der Waals surface area contributed by atoms with Crippen molar-refractivity contribution < 1.29 is 32.6 Å². The molecule has 1 fully saturated rings. The Morgan fingerprint density at radius 2 is 2.07 bits per heavy atom. The van der Waals surface area contributed by atoms with Crippen LogP contribution in [0.1, 0.15) is 39.9 Å². The number of anilines is 1. The van der Waals surface area contributed by atoms with Crippen molar-refractivity contribution in [1.29, 1.82) is 5.26 Å². The largest absolute Gasteiger partial charge is 0.479 e. The summed E-state index contributed by atoms with van der Waals surface area (Å²) in [5.74, 6) is -5.94. The number of ether oxygens (including phenoxy) is 1. The van der Waals surface area contributed by atoms with Crippen molar-refractivity contribution >= 4 is 45.8 Å². The molecule has 214 valence electrons. The molecule has 4 rings (SSSR count). The Labute approximate surface area is 239 Å². The van der Waals surface area contributed by atoms with Crippen LogP contribution in [0.2, 0.25) is 0 Å². The molecule has 1 aromatic heterocycles. The van der Waals surface area contributed by atoms with Gasteiger partial charge in [-0.25, -0.2) is 14.2 Å². The van der Waals surface area contributed by atoms with Gasteiger partial charge in [0, 0.05) is 17.7 Å². The Morgan fingerprint density at radius 3 is 2.68 bits per heavy atom. The molecule has 41 heavy (non-hydrogen) atoms. The number of amides is 1. The molecule has 9 nitrogen and oxygen atoms in total. The predicted molar refractivity (Wildman–Crippen MR) is 148 cm³/mol. The van der Waals surface area contributed by atoms with Crippen LogP contribution in [0.15, 0.2) is 47.6 Å². The average Bonchev–Trinajstić information content (AvgIpc) is 3.09. The second-order valence-electron chi connectivity index (χ2n) is 9.89. The minimum atomic E-state index is -3.46. The second kappa shape index (κ2) is 10.9. The summed E-state index contributed by atoms with van der Waals surface area (Å²) in [7, 11) is 0. The van der Waals surface area contributed by atoms with Gasteiger partial charge in [-0.2, -0.15) is 19.0 Å². The Morgan fingerprint density at radius 1 is 1.37 bits per heavy atom. The fourth-order valence-corrected chi connectivity index (χ4v) is 5.40. The van der Waals surface area contributed by atoms with E-state index >= 15 is 4.39 Å². The number of allylic oxidation sites excluding steroid dienone is 4. The third-order valence-electron chi connectivity index (χ3n) is 6.76. The summed E-state index contributed by atoms with van der Waals surface area (Å²) >= 11 is 5.67. The molecule has 2 heterocycles. The van der Waals surface area contributed by atoms with E-state index in [2.05, 4.69) is 9.97 Å². The van der Waals surface area contributed by atoms with E-state index in [1.807, 2.05) is 0 Å². The third kappa shape index (κ3) is 5.27. The molecule has 2 aliphatic rings. The molecule has 1 unspecified atom stereocenters. The molecule has 0 bridgehead atoms. The van der Waals surface area contributed by atoms with Crippen molar-refractivity contribution in [2.24, 2.45) is 0 Å². The molecule has 13 heteroatoms. The van der Waals surface area contributed by atoms with Crippen LogP contribution in [0.4, 0.5) is 18.9 Å². The number of carboxylic acid groups (broad SMARTS) is 1. The first-order valence-corrected chi connectivity index (χ1v) is 13.0. The monoisotopic (exact) mass is 585 g/mol. The lowest BCUT2D eigenvalue weighted by Crippen LogP contribution is -2.45. The number of benzene rings is 1. The molecule has 0 spiro atoms. The molecule has 1 aliphatic carbocycles. The van der Waals surface area contributed by atoms with Crippen LogP contribution >= 0.6 is 12.2 Å². The molecule has 1 aliphatic heterocycles. The summed E-state index contributed by atoms with van der Waals surface area (Å²) in [6.07, 6.45) is 4.74. The summed E-state index contributed by atoms with van der Waals surface area (Å²) in [5, 5.41) is 18.5. The van der Waals surface area contributed by atoms with Crippen molar-refractivity contribution in [2.75, 3.05) is 11.5 Å². The minimum Gasteiger partial charge on any atom is -0.479 e. The van der Waals surface area contributed by atoms with Gasteiger partial charge in [0.25, 0.3) is 11.8 Å². The van der Waals surface area contributed by atoms with Gasteiger partial charge in [-0.05, 0) is 57.6 Å². The Hall–Kier alpha value is -4.31. The zero-order valence-electron chi connectivity index (χ0n) is 22.6. The number of fused-ring (bicyclic) bond motifs is 1. The number of hydrogen-bond acceptors (Lipinski definition) is 7. The van der Waals surface area contributed by atoms with Crippen molar-refractivity contribution in [3.05, 3.63) is 59.2 Å². The van der Waals surface area contributed by atoms with Crippen LogP contribution < -0.4 is 9.64 Å². The number of hydrogen-bond donors (Lipinski definition) is 1. The van der Waals surface area contributed by atoms with E-state index < -0.39 is 47.4 Å². The van der Waals surface area contributed by atoms with E-state index in [-0.39, 0.29) is 45.4 Å². The molecule has 1 aromatic carbocycles. The van der Waals surface area contributed by atoms with Crippen LogP contribution in [0.3, 0.4) is 0 Å². The van der Waals surface area contributed by atoms with E-state index in [0.29, 0.717) is 12.5 Å². The molecule has 1 atom stereocenters. The second-order valence-corrected chi connectivity index (χ2v) is 10.3. The fraction of sp³-hybridized carbons (Fsp3) is 0.357. The zero-order valence-corrected chi connectivity index (χ0v) is 23.4. The molecule has 0 saturated carbocycles. The first-order chi connectivity index (χ1) is 19.3. The number of carbonyl (C=O) groups is 2. The Balaban J connectivity index is 1.81. The summed E-state index contributed by atoms with van der Waals surface area (Å²) in [5.41, 5.74) is -2.09. The maximum absolute atomic E-state index is 15.5. The average molecular weight is 586 g/mol. The lowest BCUT2D eigenvalue weighted by molar-refractivity contribution is -0.139. The van der Waals surface area contributed by atoms with Gasteiger partial charge in [-0.15, -0.1) is 0 Å². The van der Waals surface area contributed by atoms with Crippen molar-refractivity contribution in [1.82, 2.24) is 14.9 Å². The number of carboxylic acids is 1. The van der Waals surface area contributed by atoms with Crippen LogP contribution in [0.25, 0.3) is 10.9 Å². The first-order valence-electron chi connectivity index (χ1n) is 12.6. The number of aliphatic carboxylic acids is 1. The summed E-state index contributed by atoms with van der Waals surface area (Å²) < 4.78 is 50.6. The fourth-order valence-electron chi connectivity index (χ4n) is 4.84. The Kier molecular flexibility index (Phi) is 7.91. The van der Waals surface area contributed by atoms with Gasteiger partial charge >= 0.3 is 5.97 Å². The maximum Gasteiger partial charge on any atom is 0.341 e. The van der Waals surface area contributed by atoms with E-state index in [9.17, 15) is 23.6 Å². The Bertz CT molecular complexity index is 1600. The lowest BCUT2D eigenvalue weighted by Gasteiger charge is -2.30. The van der Waals surface area contributed by atoms with Crippen molar-refractivity contribution in [3.63, 3.8) is 0 Å². The van der Waals surface area contributed by atoms with E-state index in [1.54, 1.807) is 26.8 Å². The van der Waals surface area contributed by atoms with E-state index in [4.69, 9.17) is 22.1 Å². The standard InChI is InChI=1S/C28H26F3N5O4S/c1-5-9-28(30,31)19-11-16(8-7-15(19)13-32)35-25(39)27(3,4)36(26(35)41)17-10-18-23(20(29)12-17)33-21(6-2)34-24(18)40-14-22(37)38/h5,7,9-12,16H,6,8,14H2,1-4H3,(H,37,38)/b9-5+. The first kappa shape index (κ1) is 29.7. The molecular formula is C28H26F3N5O4S. The normalized spacial score (nSPS) is 19.0. The topological polar surface area (TPSA) is 120 Å². The van der Waals surface area contributed by atoms with Crippen LogP contribution in [-0.2, 0) is 16.0 Å². The van der Waals surface area contributed by atoms with Crippen molar-refractivity contribution in [2.45, 2.75) is 58.0 Å². The molecule has 2 aromatic rings. The molecule has 0 radical (unpaired) electrons. The maximum atomic E-state index is 15.5. The number of alkyl halides is 2. The van der Waals surface area contributed by atoms with Crippen LogP contribution in [0.5, 0.6) is 5.88 Å². The number of carbonyl (C=O) groups excluding carboxylic acids is 1. The highest BCUT2D eigenvalue weighted by molar-refractivity contribution is 7.80. The van der Waals surface area contributed by atoms with Gasteiger partial charge in [0.2, 0.25) is 5.88 Å². The van der Waals surface area contributed by atoms with Crippen molar-refractivity contribution in [3.8, 4) is 11.9 Å². The number of thiocarbonyl (C=S) groups is 1. The van der Waals surface area contributed by atoms with Crippen LogP contribution in [-0.4, -0.2) is 61.1 Å². The number of aryl methyl sites for hydroxylation is 1. The number of nitriles is 1. The third-order valence-corrected chi connectivity index (χ3v) is 7.13. The summed E-state index contributed by atoms with van der Waals surface area (Å²) in [6, 6.07) is 3.43. The highest BCUT2D eigenvalue weighted by Crippen LogP contribution is 2.41.